The van der Waals surface area contributed by atoms with Crippen molar-refractivity contribution in [3.8, 4) is 5.75 Å². The van der Waals surface area contributed by atoms with Crippen LogP contribution in [0.5, 0.6) is 5.75 Å². The van der Waals surface area contributed by atoms with Gasteiger partial charge >= 0.3 is 0 Å². The molecule has 12 heavy (non-hydrogen) atoms. The van der Waals surface area contributed by atoms with Gasteiger partial charge in [-0.15, -0.1) is 0 Å². The maximum absolute atomic E-state index is 9.32. The molecular weight excluding hydrogens is 158 g/mol. The number of aromatic nitrogens is 1. The molecule has 4 nitrogen and oxygen atoms in total. The van der Waals surface area contributed by atoms with Gasteiger partial charge in [0.05, 0.1) is 0 Å². The van der Waals surface area contributed by atoms with Crippen molar-refractivity contribution in [3.63, 3.8) is 0 Å². The smallest absolute Gasteiger partial charge is 0.286 e. The van der Waals surface area contributed by atoms with Crippen molar-refractivity contribution < 1.29 is 19.9 Å². The fraction of sp³-hybridized carbons (Fsp3) is 0.375. The van der Waals surface area contributed by atoms with Gasteiger partial charge < -0.3 is 15.3 Å². The maximum Gasteiger partial charge on any atom is 0.286 e. The number of hydrogen-bond acceptors (Lipinski definition) is 3. The lowest BCUT2D eigenvalue weighted by atomic mass is 10.3. The summed E-state index contributed by atoms with van der Waals surface area (Å²) in [6.45, 7) is 1.49. The third-order valence-electron chi connectivity index (χ3n) is 1.57. The standard InChI is InChI=1S/C8H11NO3/c1-6(10)8(12)9-4-2-7(11)3-5-9/h2-6,8,10,12H,1H3/p+1. The third-order valence-corrected chi connectivity index (χ3v) is 1.57. The number of pyridine rings is 1. The van der Waals surface area contributed by atoms with Crippen LogP contribution in [0, 0.1) is 0 Å². The Kier molecular flexibility index (Phi) is 2.62. The number of rotatable bonds is 2. The highest BCUT2D eigenvalue weighted by Gasteiger charge is 2.19. The van der Waals surface area contributed by atoms with E-state index in [1.54, 1.807) is 0 Å². The number of hydrogen-bond donors (Lipinski definition) is 3. The Bertz CT molecular complexity index is 245. The topological polar surface area (TPSA) is 64.6 Å². The van der Waals surface area contributed by atoms with Crippen molar-refractivity contribution in [2.75, 3.05) is 0 Å². The molecule has 0 saturated heterocycles. The molecule has 0 radical (unpaired) electrons. The highest BCUT2D eigenvalue weighted by molar-refractivity contribution is 5.11. The van der Waals surface area contributed by atoms with E-state index in [9.17, 15) is 5.11 Å². The molecule has 2 atom stereocenters. The lowest BCUT2D eigenvalue weighted by molar-refractivity contribution is -0.767. The molecule has 1 rings (SSSR count). The first-order chi connectivity index (χ1) is 5.61. The van der Waals surface area contributed by atoms with Gasteiger partial charge in [0.1, 0.15) is 11.9 Å². The summed E-state index contributed by atoms with van der Waals surface area (Å²) in [5, 5.41) is 27.2. The van der Waals surface area contributed by atoms with Gasteiger partial charge in [-0.1, -0.05) is 0 Å². The van der Waals surface area contributed by atoms with E-state index in [0.717, 1.165) is 0 Å². The number of aromatic hydroxyl groups is 1. The molecule has 1 aromatic rings. The highest BCUT2D eigenvalue weighted by atomic mass is 16.3. The van der Waals surface area contributed by atoms with E-state index in [-0.39, 0.29) is 5.75 Å². The molecular formula is C8H12NO3+. The summed E-state index contributed by atoms with van der Waals surface area (Å²) < 4.78 is 1.41. The van der Waals surface area contributed by atoms with Crippen molar-refractivity contribution in [1.29, 1.82) is 0 Å². The molecule has 0 aromatic carbocycles. The monoisotopic (exact) mass is 170 g/mol. The fourth-order valence-electron chi connectivity index (χ4n) is 0.856. The third kappa shape index (κ3) is 1.93. The number of nitrogens with zero attached hydrogens (tertiary/aromatic N) is 1. The van der Waals surface area contributed by atoms with Crippen LogP contribution in [-0.4, -0.2) is 21.4 Å². The van der Waals surface area contributed by atoms with Crippen LogP contribution in [0.1, 0.15) is 13.2 Å². The summed E-state index contributed by atoms with van der Waals surface area (Å²) >= 11 is 0. The lowest BCUT2D eigenvalue weighted by Crippen LogP contribution is -2.44. The second-order valence-corrected chi connectivity index (χ2v) is 2.66. The SMILES string of the molecule is CC(O)C(O)[n+]1ccc(O)cc1. The first-order valence-corrected chi connectivity index (χ1v) is 3.67. The molecule has 0 amide bonds. The zero-order valence-electron chi connectivity index (χ0n) is 6.75. The molecule has 0 aliphatic carbocycles. The van der Waals surface area contributed by atoms with Gasteiger partial charge in [0.2, 0.25) is 0 Å². The quantitative estimate of drug-likeness (QED) is 0.527. The van der Waals surface area contributed by atoms with E-state index in [2.05, 4.69) is 0 Å². The van der Waals surface area contributed by atoms with Gasteiger partial charge in [-0.3, -0.25) is 0 Å². The Labute approximate surface area is 70.3 Å². The second kappa shape index (κ2) is 3.51. The van der Waals surface area contributed by atoms with Crippen LogP contribution in [0.2, 0.25) is 0 Å². The van der Waals surface area contributed by atoms with Crippen molar-refractivity contribution in [2.45, 2.75) is 19.3 Å². The zero-order valence-corrected chi connectivity index (χ0v) is 6.75. The van der Waals surface area contributed by atoms with Crippen LogP contribution < -0.4 is 4.57 Å². The van der Waals surface area contributed by atoms with Crippen LogP contribution in [0.25, 0.3) is 0 Å². The molecule has 0 saturated carbocycles. The second-order valence-electron chi connectivity index (χ2n) is 2.66. The Balaban J connectivity index is 2.82. The first-order valence-electron chi connectivity index (χ1n) is 3.67. The molecule has 0 spiro atoms. The van der Waals surface area contributed by atoms with E-state index in [1.165, 1.54) is 36.0 Å². The summed E-state index contributed by atoms with van der Waals surface area (Å²) in [4.78, 5) is 0. The summed E-state index contributed by atoms with van der Waals surface area (Å²) in [6.07, 6.45) is 1.18. The van der Waals surface area contributed by atoms with Gasteiger partial charge in [0.15, 0.2) is 12.4 Å². The zero-order chi connectivity index (χ0) is 9.14. The van der Waals surface area contributed by atoms with Gasteiger partial charge in [-0.25, -0.2) is 0 Å². The molecule has 2 unspecified atom stereocenters. The normalized spacial score (nSPS) is 15.6. The Morgan fingerprint density at radius 2 is 1.75 bits per heavy atom. The first kappa shape index (κ1) is 8.96. The summed E-state index contributed by atoms with van der Waals surface area (Å²) in [5.74, 6) is 0.129. The van der Waals surface area contributed by atoms with Gasteiger partial charge in [-0.2, -0.15) is 4.57 Å². The Hall–Kier alpha value is -1.13. The molecule has 0 aliphatic rings. The molecule has 1 aromatic heterocycles. The van der Waals surface area contributed by atoms with Crippen LogP contribution in [0.4, 0.5) is 0 Å². The highest BCUT2D eigenvalue weighted by Crippen LogP contribution is 2.04. The van der Waals surface area contributed by atoms with Crippen molar-refractivity contribution in [2.24, 2.45) is 0 Å². The minimum atomic E-state index is -0.967. The van der Waals surface area contributed by atoms with Crippen molar-refractivity contribution in [1.82, 2.24) is 0 Å². The van der Waals surface area contributed by atoms with E-state index in [0.29, 0.717) is 0 Å². The van der Waals surface area contributed by atoms with Crippen molar-refractivity contribution >= 4 is 0 Å². The molecule has 4 heteroatoms. The fourth-order valence-corrected chi connectivity index (χ4v) is 0.856. The molecule has 0 aliphatic heterocycles. The van der Waals surface area contributed by atoms with Gasteiger partial charge in [-0.05, 0) is 6.92 Å². The molecule has 0 bridgehead atoms. The minimum absolute atomic E-state index is 0.129. The van der Waals surface area contributed by atoms with Gasteiger partial charge in [0, 0.05) is 12.1 Å². The summed E-state index contributed by atoms with van der Waals surface area (Å²) in [6, 6.07) is 2.87. The van der Waals surface area contributed by atoms with Gasteiger partial charge in [0.25, 0.3) is 6.23 Å². The van der Waals surface area contributed by atoms with Crippen molar-refractivity contribution in [3.05, 3.63) is 24.5 Å². The minimum Gasteiger partial charge on any atom is -0.507 e. The Morgan fingerprint density at radius 1 is 1.25 bits per heavy atom. The van der Waals surface area contributed by atoms with Crippen LogP contribution in [-0.2, 0) is 0 Å². The molecule has 0 fully saturated rings. The summed E-state index contributed by atoms with van der Waals surface area (Å²) in [5.41, 5.74) is 0. The average molecular weight is 170 g/mol. The van der Waals surface area contributed by atoms with E-state index < -0.39 is 12.3 Å². The van der Waals surface area contributed by atoms with Crippen LogP contribution >= 0.6 is 0 Å². The largest absolute Gasteiger partial charge is 0.507 e. The maximum atomic E-state index is 9.32. The number of aliphatic hydroxyl groups excluding tert-OH is 2. The predicted octanol–water partition coefficient (Wildman–Crippen LogP) is -0.449. The average Bonchev–Trinajstić information content (AvgIpc) is 2.04. The van der Waals surface area contributed by atoms with E-state index in [1.807, 2.05) is 0 Å². The lowest BCUT2D eigenvalue weighted by Gasteiger charge is -2.07. The van der Waals surface area contributed by atoms with Crippen LogP contribution in [0.3, 0.4) is 0 Å². The molecule has 3 N–H and O–H groups in total. The number of aliphatic hydroxyl groups is 2. The molecule has 1 heterocycles. The van der Waals surface area contributed by atoms with Crippen LogP contribution in [0.15, 0.2) is 24.5 Å². The summed E-state index contributed by atoms with van der Waals surface area (Å²) in [7, 11) is 0. The molecule has 66 valence electrons. The van der Waals surface area contributed by atoms with E-state index in [4.69, 9.17) is 10.2 Å². The predicted molar refractivity (Wildman–Crippen MR) is 41.2 cm³/mol. The van der Waals surface area contributed by atoms with E-state index >= 15 is 0 Å². The Morgan fingerprint density at radius 3 is 2.17 bits per heavy atom.